The predicted octanol–water partition coefficient (Wildman–Crippen LogP) is 10.1. The van der Waals surface area contributed by atoms with Crippen molar-refractivity contribution in [3.05, 3.63) is 131 Å². The van der Waals surface area contributed by atoms with Crippen LogP contribution in [0.4, 0.5) is 0 Å². The van der Waals surface area contributed by atoms with Crippen LogP contribution >= 0.6 is 0 Å². The molecule has 0 spiro atoms. The number of carbonyl (C=O) groups is 2. The molecule has 6 aromatic rings. The number of ether oxygens (including phenoxy) is 4. The summed E-state index contributed by atoms with van der Waals surface area (Å²) in [5.74, 6) is 4.15. The van der Waals surface area contributed by atoms with Crippen molar-refractivity contribution in [2.75, 3.05) is 40.4 Å². The average Bonchev–Trinajstić information content (AvgIpc) is 3.36. The van der Waals surface area contributed by atoms with E-state index in [1.54, 1.807) is 26.4 Å². The Morgan fingerprint density at radius 2 is 1.06 bits per heavy atom. The summed E-state index contributed by atoms with van der Waals surface area (Å²) in [5, 5.41) is 1.88. The zero-order chi connectivity index (χ0) is 43.6. The lowest BCUT2D eigenvalue weighted by Crippen LogP contribution is -2.56. The Balaban J connectivity index is 1.07. The van der Waals surface area contributed by atoms with Crippen molar-refractivity contribution in [3.8, 4) is 23.0 Å². The van der Waals surface area contributed by atoms with Crippen molar-refractivity contribution in [1.82, 2.24) is 19.8 Å². The van der Waals surface area contributed by atoms with Crippen LogP contribution in [0.5, 0.6) is 23.0 Å². The molecule has 10 heteroatoms. The highest BCUT2D eigenvalue weighted by atomic mass is 16.5. The normalized spacial score (nSPS) is 26.6. The van der Waals surface area contributed by atoms with Crippen molar-refractivity contribution < 1.29 is 28.5 Å². The minimum absolute atomic E-state index is 0.0377. The van der Waals surface area contributed by atoms with E-state index in [1.165, 1.54) is 0 Å². The fraction of sp³-hybridized carbons (Fsp3) is 0.407. The van der Waals surface area contributed by atoms with Gasteiger partial charge in [0.15, 0.2) is 11.6 Å². The molecule has 2 unspecified atom stereocenters. The van der Waals surface area contributed by atoms with E-state index < -0.39 is 12.2 Å². The lowest BCUT2D eigenvalue weighted by molar-refractivity contribution is -0.0493. The van der Waals surface area contributed by atoms with Crippen LogP contribution in [0.25, 0.3) is 21.8 Å². The molecule has 64 heavy (non-hydrogen) atoms. The maximum absolute atomic E-state index is 15.1. The Morgan fingerprint density at radius 3 is 1.45 bits per heavy atom. The Morgan fingerprint density at radius 1 is 0.609 bits per heavy atom. The van der Waals surface area contributed by atoms with Crippen LogP contribution in [0.1, 0.15) is 108 Å². The molecule has 4 bridgehead atoms. The average molecular weight is 857 g/mol. The van der Waals surface area contributed by atoms with Crippen molar-refractivity contribution in [2.45, 2.75) is 76.7 Å². The molecular weight excluding hydrogens is 801 g/mol. The highest BCUT2D eigenvalue weighted by molar-refractivity contribution is 6.30. The number of hydrogen-bond donors (Lipinski definition) is 0. The molecule has 8 heterocycles. The van der Waals surface area contributed by atoms with E-state index in [0.29, 0.717) is 46.3 Å². The SMILES string of the molecule is CC[C@@H]1CN2CC[C@H]1C[C@@H]2[C@@H](Oc1ccc(O[C@@H](c2ccnc3ccc(OC)cc23)[C@H]2C[C@@H]3CCN2C[C@@H]3CC)c2c1C(=O)c1ccccc1C2=O)c1ccnc2ccc(OC)cc12. The number of piperidine rings is 6. The predicted molar refractivity (Wildman–Crippen MR) is 247 cm³/mol. The molecule has 0 N–H and O–H groups in total. The smallest absolute Gasteiger partial charge is 0.198 e. The quantitative estimate of drug-likeness (QED) is 0.118. The Labute approximate surface area is 374 Å². The molecule has 4 aromatic carbocycles. The standard InChI is InChI=1S/C54H56N4O6/c1-5-31-29-57-23-19-33(31)25-45(57)53(39-17-21-55-43-13-11-35(61-3)27-41(39)43)63-47-15-16-48(50-49(47)51(59)37-9-7-8-10-38(37)52(50)60)64-54(46-26-34-20-24-58(46)30-32(34)6-2)40-18-22-56-44-14-12-36(62-4)28-42(40)44/h7-18,21-22,27-28,31-34,45-46,53-54H,5-6,19-20,23-26,29-30H2,1-4H3/t31-,32+,33-,34-,45+,46+,53-,54-/m0/s1. The fourth-order valence-electron chi connectivity index (χ4n) is 12.3. The number of benzene rings is 4. The number of rotatable bonds is 12. The number of ketones is 2. The van der Waals surface area contributed by atoms with Gasteiger partial charge in [-0.15, -0.1) is 0 Å². The van der Waals surface area contributed by atoms with Crippen molar-refractivity contribution in [3.63, 3.8) is 0 Å². The van der Waals surface area contributed by atoms with E-state index in [9.17, 15) is 0 Å². The van der Waals surface area contributed by atoms with E-state index in [1.807, 2.05) is 85.2 Å². The van der Waals surface area contributed by atoms with Gasteiger partial charge in [0.1, 0.15) is 35.2 Å². The van der Waals surface area contributed by atoms with Gasteiger partial charge in [-0.05, 0) is 123 Å². The van der Waals surface area contributed by atoms with Crippen LogP contribution in [0, 0.1) is 23.7 Å². The first kappa shape index (κ1) is 40.9. The third-order valence-corrected chi connectivity index (χ3v) is 15.7. The van der Waals surface area contributed by atoms with Gasteiger partial charge in [-0.25, -0.2) is 0 Å². The molecule has 10 atom stereocenters. The summed E-state index contributed by atoms with van der Waals surface area (Å²) in [6.45, 7) is 8.58. The summed E-state index contributed by atoms with van der Waals surface area (Å²) in [4.78, 5) is 45.0. The molecule has 6 aliphatic heterocycles. The molecular formula is C54H56N4O6. The third kappa shape index (κ3) is 6.83. The Hall–Kier alpha value is -5.84. The topological polar surface area (TPSA) is 103 Å². The number of carbonyl (C=O) groups excluding carboxylic acids is 2. The number of methoxy groups -OCH3 is 2. The van der Waals surface area contributed by atoms with Gasteiger partial charge in [0.25, 0.3) is 0 Å². The Bertz CT molecular complexity index is 2600. The van der Waals surface area contributed by atoms with Crippen LogP contribution < -0.4 is 18.9 Å². The number of pyridine rings is 2. The molecule has 6 saturated heterocycles. The first-order valence-corrected chi connectivity index (χ1v) is 23.4. The summed E-state index contributed by atoms with van der Waals surface area (Å²) in [5.41, 5.74) is 4.87. The molecule has 6 fully saturated rings. The van der Waals surface area contributed by atoms with Crippen LogP contribution in [-0.4, -0.2) is 83.8 Å². The first-order chi connectivity index (χ1) is 31.3. The largest absolute Gasteiger partial charge is 0.497 e. The summed E-state index contributed by atoms with van der Waals surface area (Å²) in [6.07, 6.45) is 9.30. The zero-order valence-electron chi connectivity index (χ0n) is 37.2. The summed E-state index contributed by atoms with van der Waals surface area (Å²) < 4.78 is 26.3. The minimum Gasteiger partial charge on any atom is -0.497 e. The van der Waals surface area contributed by atoms with Gasteiger partial charge in [-0.2, -0.15) is 0 Å². The van der Waals surface area contributed by atoms with Crippen LogP contribution in [0.3, 0.4) is 0 Å². The molecule has 13 rings (SSSR count). The second kappa shape index (κ2) is 16.6. The molecule has 328 valence electrons. The lowest BCUT2D eigenvalue weighted by Gasteiger charge is -2.52. The van der Waals surface area contributed by atoms with Gasteiger partial charge in [0.2, 0.25) is 0 Å². The molecule has 0 radical (unpaired) electrons. The highest BCUT2D eigenvalue weighted by Gasteiger charge is 2.47. The van der Waals surface area contributed by atoms with Gasteiger partial charge < -0.3 is 18.9 Å². The molecule has 1 aliphatic carbocycles. The zero-order valence-corrected chi connectivity index (χ0v) is 37.2. The Kier molecular flexibility index (Phi) is 10.6. The fourth-order valence-corrected chi connectivity index (χ4v) is 12.3. The minimum atomic E-state index is -0.475. The second-order valence-corrected chi connectivity index (χ2v) is 18.7. The number of hydrogen-bond acceptors (Lipinski definition) is 10. The molecule has 0 amide bonds. The van der Waals surface area contributed by atoms with Gasteiger partial charge in [-0.3, -0.25) is 29.4 Å². The van der Waals surface area contributed by atoms with Crippen LogP contribution in [0.2, 0.25) is 0 Å². The van der Waals surface area contributed by atoms with Crippen molar-refractivity contribution in [2.24, 2.45) is 23.7 Å². The van der Waals surface area contributed by atoms with Gasteiger partial charge in [0, 0.05) is 58.5 Å². The van der Waals surface area contributed by atoms with E-state index in [-0.39, 0.29) is 34.8 Å². The van der Waals surface area contributed by atoms with Crippen molar-refractivity contribution in [1.29, 1.82) is 0 Å². The maximum Gasteiger partial charge on any atom is 0.198 e. The third-order valence-electron chi connectivity index (χ3n) is 15.7. The molecule has 2 aromatic heterocycles. The summed E-state index contributed by atoms with van der Waals surface area (Å²) in [6, 6.07) is 27.0. The highest BCUT2D eigenvalue weighted by Crippen LogP contribution is 2.49. The molecule has 7 aliphatic rings. The summed E-state index contributed by atoms with van der Waals surface area (Å²) >= 11 is 0. The van der Waals surface area contributed by atoms with Crippen LogP contribution in [-0.2, 0) is 0 Å². The van der Waals surface area contributed by atoms with Crippen LogP contribution in [0.15, 0.2) is 97.3 Å². The number of nitrogens with zero attached hydrogens (tertiary/aromatic N) is 4. The summed E-state index contributed by atoms with van der Waals surface area (Å²) in [7, 11) is 3.35. The molecule has 10 nitrogen and oxygen atoms in total. The first-order valence-electron chi connectivity index (χ1n) is 23.4. The maximum atomic E-state index is 15.1. The van der Waals surface area contributed by atoms with E-state index >= 15 is 9.59 Å². The van der Waals surface area contributed by atoms with E-state index in [0.717, 1.165) is 109 Å². The monoisotopic (exact) mass is 856 g/mol. The lowest BCUT2D eigenvalue weighted by atomic mass is 9.72. The number of fused-ring (bicyclic) bond motifs is 10. The number of aromatic nitrogens is 2. The van der Waals surface area contributed by atoms with Gasteiger partial charge in [-0.1, -0.05) is 51.0 Å². The molecule has 0 saturated carbocycles. The van der Waals surface area contributed by atoms with E-state index in [4.69, 9.17) is 28.9 Å². The van der Waals surface area contributed by atoms with Gasteiger partial charge in [0.05, 0.1) is 48.5 Å². The second-order valence-electron chi connectivity index (χ2n) is 18.7. The van der Waals surface area contributed by atoms with Gasteiger partial charge >= 0.3 is 0 Å². The van der Waals surface area contributed by atoms with E-state index in [2.05, 4.69) is 23.6 Å². The van der Waals surface area contributed by atoms with Crippen molar-refractivity contribution >= 4 is 33.4 Å².